The van der Waals surface area contributed by atoms with E-state index in [9.17, 15) is 4.79 Å². The second kappa shape index (κ2) is 6.27. The highest BCUT2D eigenvalue weighted by Crippen LogP contribution is 2.22. The molecule has 0 radical (unpaired) electrons. The van der Waals surface area contributed by atoms with Gasteiger partial charge in [-0.15, -0.1) is 0 Å². The summed E-state index contributed by atoms with van der Waals surface area (Å²) in [4.78, 5) is 17.8. The van der Waals surface area contributed by atoms with Crippen molar-refractivity contribution in [1.82, 2.24) is 29.9 Å². The standard InChI is InChI=1S/C14H21N7O/c1-3-12-16-14(18-17-12)9-20-6-4-11(8-20)21-7-5-13(19-21)15-10(2)22/h5,7,11H,3-4,6,8-9H2,1-2H3,(H,15,19,22)(H,16,17,18)/t11-/m1/s1. The number of aromatic amines is 1. The zero-order valence-electron chi connectivity index (χ0n) is 12.9. The third kappa shape index (κ3) is 3.33. The van der Waals surface area contributed by atoms with E-state index in [1.165, 1.54) is 6.92 Å². The van der Waals surface area contributed by atoms with E-state index in [0.29, 0.717) is 11.9 Å². The Labute approximate surface area is 128 Å². The molecule has 1 aliphatic heterocycles. The van der Waals surface area contributed by atoms with Crippen LogP contribution in [0.4, 0.5) is 5.82 Å². The van der Waals surface area contributed by atoms with Gasteiger partial charge in [-0.2, -0.15) is 10.2 Å². The monoisotopic (exact) mass is 303 g/mol. The second-order valence-corrected chi connectivity index (χ2v) is 5.59. The first-order chi connectivity index (χ1) is 10.6. The van der Waals surface area contributed by atoms with Crippen molar-refractivity contribution >= 4 is 11.7 Å². The number of aryl methyl sites for hydroxylation is 1. The van der Waals surface area contributed by atoms with Crippen LogP contribution in [0.15, 0.2) is 12.3 Å². The first-order valence-electron chi connectivity index (χ1n) is 7.59. The molecule has 1 aliphatic rings. The van der Waals surface area contributed by atoms with Gasteiger partial charge in [0.25, 0.3) is 0 Å². The summed E-state index contributed by atoms with van der Waals surface area (Å²) in [5.41, 5.74) is 0. The van der Waals surface area contributed by atoms with Crippen LogP contribution in [0.1, 0.15) is 38.0 Å². The lowest BCUT2D eigenvalue weighted by Crippen LogP contribution is -2.22. The Bertz CT molecular complexity index is 647. The summed E-state index contributed by atoms with van der Waals surface area (Å²) in [5, 5.41) is 14.3. The van der Waals surface area contributed by atoms with E-state index in [1.54, 1.807) is 0 Å². The van der Waals surface area contributed by atoms with E-state index < -0.39 is 0 Å². The number of aromatic nitrogens is 5. The number of hydrogen-bond acceptors (Lipinski definition) is 5. The lowest BCUT2D eigenvalue weighted by atomic mass is 10.3. The number of H-pyrrole nitrogens is 1. The summed E-state index contributed by atoms with van der Waals surface area (Å²) in [5.74, 6) is 2.28. The summed E-state index contributed by atoms with van der Waals surface area (Å²) in [6.45, 7) is 6.23. The quantitative estimate of drug-likeness (QED) is 0.858. The number of likely N-dealkylation sites (tertiary alicyclic amines) is 1. The van der Waals surface area contributed by atoms with Crippen LogP contribution < -0.4 is 5.32 Å². The van der Waals surface area contributed by atoms with Crippen LogP contribution in [0, 0.1) is 0 Å². The second-order valence-electron chi connectivity index (χ2n) is 5.59. The van der Waals surface area contributed by atoms with Gasteiger partial charge in [-0.3, -0.25) is 19.5 Å². The molecule has 0 spiro atoms. The highest BCUT2D eigenvalue weighted by Gasteiger charge is 2.25. The van der Waals surface area contributed by atoms with Gasteiger partial charge in [0.05, 0.1) is 12.6 Å². The van der Waals surface area contributed by atoms with Crippen molar-refractivity contribution in [2.75, 3.05) is 18.4 Å². The van der Waals surface area contributed by atoms with Crippen LogP contribution >= 0.6 is 0 Å². The summed E-state index contributed by atoms with van der Waals surface area (Å²) in [7, 11) is 0. The van der Waals surface area contributed by atoms with Gasteiger partial charge in [-0.25, -0.2) is 4.98 Å². The number of nitrogens with one attached hydrogen (secondary N) is 2. The van der Waals surface area contributed by atoms with Crippen molar-refractivity contribution in [1.29, 1.82) is 0 Å². The molecular weight excluding hydrogens is 282 g/mol. The summed E-state index contributed by atoms with van der Waals surface area (Å²) in [6, 6.07) is 2.16. The fraction of sp³-hybridized carbons (Fsp3) is 0.571. The van der Waals surface area contributed by atoms with Crippen molar-refractivity contribution in [3.63, 3.8) is 0 Å². The smallest absolute Gasteiger partial charge is 0.222 e. The molecule has 2 aromatic heterocycles. The Balaban J connectivity index is 1.57. The van der Waals surface area contributed by atoms with Crippen molar-refractivity contribution in [2.45, 2.75) is 39.3 Å². The minimum atomic E-state index is -0.102. The minimum Gasteiger partial charge on any atom is -0.309 e. The number of rotatable bonds is 5. The van der Waals surface area contributed by atoms with Crippen LogP contribution in [-0.2, 0) is 17.8 Å². The number of amides is 1. The van der Waals surface area contributed by atoms with Crippen LogP contribution in [0.5, 0.6) is 0 Å². The largest absolute Gasteiger partial charge is 0.309 e. The number of hydrogen-bond donors (Lipinski definition) is 2. The maximum atomic E-state index is 11.0. The highest BCUT2D eigenvalue weighted by molar-refractivity contribution is 5.87. The van der Waals surface area contributed by atoms with Gasteiger partial charge in [-0.1, -0.05) is 6.92 Å². The van der Waals surface area contributed by atoms with Crippen molar-refractivity contribution in [3.8, 4) is 0 Å². The maximum Gasteiger partial charge on any atom is 0.222 e. The average molecular weight is 303 g/mol. The minimum absolute atomic E-state index is 0.102. The predicted molar refractivity (Wildman–Crippen MR) is 81.2 cm³/mol. The van der Waals surface area contributed by atoms with Gasteiger partial charge in [0.2, 0.25) is 5.91 Å². The normalized spacial score (nSPS) is 18.7. The number of carbonyl (C=O) groups is 1. The molecule has 2 aromatic rings. The predicted octanol–water partition coefficient (Wildman–Crippen LogP) is 0.969. The lowest BCUT2D eigenvalue weighted by molar-refractivity contribution is -0.114. The third-order valence-electron chi connectivity index (χ3n) is 3.80. The van der Waals surface area contributed by atoms with E-state index >= 15 is 0 Å². The first-order valence-corrected chi connectivity index (χ1v) is 7.59. The summed E-state index contributed by atoms with van der Waals surface area (Å²) >= 11 is 0. The Hall–Kier alpha value is -2.22. The first kappa shape index (κ1) is 14.7. The molecule has 1 atom stereocenters. The van der Waals surface area contributed by atoms with Gasteiger partial charge in [0.15, 0.2) is 5.82 Å². The van der Waals surface area contributed by atoms with Crippen molar-refractivity contribution < 1.29 is 4.79 Å². The zero-order valence-corrected chi connectivity index (χ0v) is 12.9. The van der Waals surface area contributed by atoms with Crippen molar-refractivity contribution in [3.05, 3.63) is 23.9 Å². The number of anilines is 1. The van der Waals surface area contributed by atoms with E-state index in [-0.39, 0.29) is 5.91 Å². The molecule has 0 saturated carbocycles. The Kier molecular flexibility index (Phi) is 4.19. The fourth-order valence-corrected chi connectivity index (χ4v) is 2.74. The topological polar surface area (TPSA) is 91.7 Å². The molecule has 118 valence electrons. The number of nitrogens with zero attached hydrogens (tertiary/aromatic N) is 5. The maximum absolute atomic E-state index is 11.0. The van der Waals surface area contributed by atoms with Crippen LogP contribution in [0.25, 0.3) is 0 Å². The lowest BCUT2D eigenvalue weighted by Gasteiger charge is -2.14. The Morgan fingerprint density at radius 3 is 3.14 bits per heavy atom. The summed E-state index contributed by atoms with van der Waals surface area (Å²) < 4.78 is 1.93. The Morgan fingerprint density at radius 2 is 2.41 bits per heavy atom. The van der Waals surface area contributed by atoms with Crippen LogP contribution in [0.2, 0.25) is 0 Å². The third-order valence-corrected chi connectivity index (χ3v) is 3.80. The molecule has 3 heterocycles. The SMILES string of the molecule is CCc1n[nH]c(CN2CC[C@@H](n3ccc(NC(C)=O)n3)C2)n1. The van der Waals surface area contributed by atoms with Gasteiger partial charge in [-0.05, 0) is 6.42 Å². The average Bonchev–Trinajstić information content (AvgIpc) is 3.18. The molecule has 1 fully saturated rings. The molecular formula is C14H21N7O. The van der Waals surface area contributed by atoms with Crippen LogP contribution in [-0.4, -0.2) is 48.9 Å². The molecule has 8 nitrogen and oxygen atoms in total. The van der Waals surface area contributed by atoms with Gasteiger partial charge in [0.1, 0.15) is 11.6 Å². The zero-order chi connectivity index (χ0) is 15.5. The fourth-order valence-electron chi connectivity index (χ4n) is 2.74. The highest BCUT2D eigenvalue weighted by atomic mass is 16.1. The molecule has 0 unspecified atom stereocenters. The molecule has 2 N–H and O–H groups in total. The molecule has 3 rings (SSSR count). The molecule has 0 bridgehead atoms. The molecule has 0 aliphatic carbocycles. The molecule has 1 amide bonds. The van der Waals surface area contributed by atoms with Gasteiger partial charge >= 0.3 is 0 Å². The molecule has 22 heavy (non-hydrogen) atoms. The van der Waals surface area contributed by atoms with Gasteiger partial charge < -0.3 is 5.32 Å². The Morgan fingerprint density at radius 1 is 1.55 bits per heavy atom. The molecule has 0 aromatic carbocycles. The van der Waals surface area contributed by atoms with E-state index in [4.69, 9.17) is 0 Å². The van der Waals surface area contributed by atoms with E-state index in [1.807, 2.05) is 23.9 Å². The molecule has 8 heteroatoms. The van der Waals surface area contributed by atoms with Crippen LogP contribution in [0.3, 0.4) is 0 Å². The van der Waals surface area contributed by atoms with Crippen molar-refractivity contribution in [2.24, 2.45) is 0 Å². The summed E-state index contributed by atoms with van der Waals surface area (Å²) in [6.07, 6.45) is 3.80. The molecule has 1 saturated heterocycles. The van der Waals surface area contributed by atoms with E-state index in [2.05, 4.69) is 30.5 Å². The van der Waals surface area contributed by atoms with E-state index in [0.717, 1.165) is 44.1 Å². The number of carbonyl (C=O) groups excluding carboxylic acids is 1. The van der Waals surface area contributed by atoms with Gasteiger partial charge in [0, 0.05) is 38.7 Å².